The Labute approximate surface area is 104 Å². The number of hydrogen-bond acceptors (Lipinski definition) is 0. The van der Waals surface area contributed by atoms with Gasteiger partial charge in [0.2, 0.25) is 0 Å². The summed E-state index contributed by atoms with van der Waals surface area (Å²) in [6, 6.07) is 13.1. The Morgan fingerprint density at radius 1 is 0.824 bits per heavy atom. The molecule has 0 heteroatoms. The molecule has 0 fully saturated rings. The summed E-state index contributed by atoms with van der Waals surface area (Å²) in [6.07, 6.45) is 1.89. The Hall–Kier alpha value is -1.82. The van der Waals surface area contributed by atoms with Crippen LogP contribution < -0.4 is 0 Å². The summed E-state index contributed by atoms with van der Waals surface area (Å²) in [7, 11) is 0. The highest BCUT2D eigenvalue weighted by atomic mass is 14.1. The maximum atomic E-state index is 3.80. The molecule has 0 radical (unpaired) electrons. The van der Waals surface area contributed by atoms with E-state index >= 15 is 0 Å². The minimum Gasteiger partial charge on any atom is -0.0985 e. The summed E-state index contributed by atoms with van der Waals surface area (Å²) in [5, 5.41) is 0. The number of rotatable bonds is 2. The molecule has 0 spiro atoms. The van der Waals surface area contributed by atoms with Crippen LogP contribution in [-0.4, -0.2) is 0 Å². The molecule has 0 saturated heterocycles. The van der Waals surface area contributed by atoms with Gasteiger partial charge in [0, 0.05) is 0 Å². The molecule has 17 heavy (non-hydrogen) atoms. The highest BCUT2D eigenvalue weighted by molar-refractivity contribution is 5.72. The van der Waals surface area contributed by atoms with Crippen molar-refractivity contribution in [3.05, 3.63) is 65.2 Å². The van der Waals surface area contributed by atoms with Gasteiger partial charge in [0.25, 0.3) is 0 Å². The van der Waals surface area contributed by atoms with E-state index in [2.05, 4.69) is 63.7 Å². The van der Waals surface area contributed by atoms with Crippen LogP contribution in [-0.2, 0) is 0 Å². The molecule has 2 aromatic carbocycles. The molecule has 0 aliphatic heterocycles. The van der Waals surface area contributed by atoms with Gasteiger partial charge in [-0.25, -0.2) is 0 Å². The molecule has 0 aliphatic rings. The van der Waals surface area contributed by atoms with Crippen LogP contribution in [0.4, 0.5) is 0 Å². The van der Waals surface area contributed by atoms with Crippen LogP contribution in [0.5, 0.6) is 0 Å². The Kier molecular flexibility index (Phi) is 3.14. The Morgan fingerprint density at radius 2 is 1.41 bits per heavy atom. The van der Waals surface area contributed by atoms with Crippen molar-refractivity contribution >= 4 is 6.08 Å². The van der Waals surface area contributed by atoms with Crippen LogP contribution in [0, 0.1) is 20.8 Å². The predicted molar refractivity (Wildman–Crippen MR) is 76.2 cm³/mol. The molecule has 0 aromatic heterocycles. The summed E-state index contributed by atoms with van der Waals surface area (Å²) in [4.78, 5) is 0. The molecule has 0 unspecified atom stereocenters. The second kappa shape index (κ2) is 4.58. The summed E-state index contributed by atoms with van der Waals surface area (Å²) in [5.74, 6) is 0. The lowest BCUT2D eigenvalue weighted by Crippen LogP contribution is -1.88. The normalized spacial score (nSPS) is 10.3. The molecule has 86 valence electrons. The Morgan fingerprint density at radius 3 is 1.94 bits per heavy atom. The van der Waals surface area contributed by atoms with E-state index in [0.29, 0.717) is 0 Å². The van der Waals surface area contributed by atoms with E-state index in [9.17, 15) is 0 Å². The first-order chi connectivity index (χ1) is 8.11. The monoisotopic (exact) mass is 222 g/mol. The van der Waals surface area contributed by atoms with E-state index in [1.54, 1.807) is 0 Å². The van der Waals surface area contributed by atoms with Crippen LogP contribution in [0.25, 0.3) is 17.2 Å². The van der Waals surface area contributed by atoms with Crippen molar-refractivity contribution < 1.29 is 0 Å². The summed E-state index contributed by atoms with van der Waals surface area (Å²) >= 11 is 0. The minimum atomic E-state index is 1.18. The molecular weight excluding hydrogens is 204 g/mol. The lowest BCUT2D eigenvalue weighted by molar-refractivity contribution is 1.36. The smallest absolute Gasteiger partial charge is 0.0152 e. The zero-order chi connectivity index (χ0) is 12.4. The van der Waals surface area contributed by atoms with Crippen molar-refractivity contribution in [2.45, 2.75) is 20.8 Å². The van der Waals surface area contributed by atoms with Crippen molar-refractivity contribution in [2.75, 3.05) is 0 Å². The zero-order valence-electron chi connectivity index (χ0n) is 10.7. The molecule has 2 rings (SSSR count). The van der Waals surface area contributed by atoms with Crippen LogP contribution in [0.15, 0.2) is 43.0 Å². The second-order valence-corrected chi connectivity index (χ2v) is 4.60. The van der Waals surface area contributed by atoms with E-state index < -0.39 is 0 Å². The number of hydrogen-bond donors (Lipinski definition) is 0. The molecule has 0 nitrogen and oxygen atoms in total. The molecule has 0 bridgehead atoms. The van der Waals surface area contributed by atoms with Crippen LogP contribution >= 0.6 is 0 Å². The molecule has 0 heterocycles. The fraction of sp³-hybridized carbons (Fsp3) is 0.176. The third kappa shape index (κ3) is 2.31. The SMILES string of the molecule is C=Cc1ccc(-c2ccc(C)cc2C)c(C)c1. The van der Waals surface area contributed by atoms with Crippen molar-refractivity contribution in [1.82, 2.24) is 0 Å². The van der Waals surface area contributed by atoms with Gasteiger partial charge >= 0.3 is 0 Å². The summed E-state index contributed by atoms with van der Waals surface area (Å²) < 4.78 is 0. The van der Waals surface area contributed by atoms with Gasteiger partial charge < -0.3 is 0 Å². The van der Waals surface area contributed by atoms with Crippen molar-refractivity contribution in [3.8, 4) is 11.1 Å². The first-order valence-electron chi connectivity index (χ1n) is 5.92. The zero-order valence-corrected chi connectivity index (χ0v) is 10.7. The molecule has 2 aromatic rings. The van der Waals surface area contributed by atoms with Gasteiger partial charge in [-0.1, -0.05) is 54.6 Å². The van der Waals surface area contributed by atoms with Gasteiger partial charge in [-0.3, -0.25) is 0 Å². The van der Waals surface area contributed by atoms with Gasteiger partial charge in [0.1, 0.15) is 0 Å². The Balaban J connectivity index is 2.56. The lowest BCUT2D eigenvalue weighted by atomic mass is 9.94. The topological polar surface area (TPSA) is 0 Å². The third-order valence-electron chi connectivity index (χ3n) is 3.16. The fourth-order valence-electron chi connectivity index (χ4n) is 2.23. The van der Waals surface area contributed by atoms with Crippen LogP contribution in [0.2, 0.25) is 0 Å². The lowest BCUT2D eigenvalue weighted by Gasteiger charge is -2.11. The van der Waals surface area contributed by atoms with Gasteiger partial charge in [0.15, 0.2) is 0 Å². The van der Waals surface area contributed by atoms with E-state index in [1.165, 1.54) is 33.4 Å². The first-order valence-corrected chi connectivity index (χ1v) is 5.92. The van der Waals surface area contributed by atoms with E-state index in [-0.39, 0.29) is 0 Å². The van der Waals surface area contributed by atoms with Crippen LogP contribution in [0.3, 0.4) is 0 Å². The average Bonchev–Trinajstić information content (AvgIpc) is 2.30. The Bertz CT molecular complexity index is 562. The summed E-state index contributed by atoms with van der Waals surface area (Å²) in [5.41, 5.74) is 7.76. The first kappa shape index (κ1) is 11.7. The third-order valence-corrected chi connectivity index (χ3v) is 3.16. The van der Waals surface area contributed by atoms with Crippen molar-refractivity contribution in [3.63, 3.8) is 0 Å². The maximum Gasteiger partial charge on any atom is -0.0152 e. The minimum absolute atomic E-state index is 1.18. The standard InChI is InChI=1S/C17H18/c1-5-15-7-9-17(14(4)11-15)16-8-6-12(2)10-13(16)3/h5-11H,1H2,2-4H3. The second-order valence-electron chi connectivity index (χ2n) is 4.60. The van der Waals surface area contributed by atoms with Gasteiger partial charge in [-0.05, 0) is 48.6 Å². The number of aryl methyl sites for hydroxylation is 3. The largest absolute Gasteiger partial charge is 0.0985 e. The highest BCUT2D eigenvalue weighted by Crippen LogP contribution is 2.28. The molecule has 0 saturated carbocycles. The van der Waals surface area contributed by atoms with Gasteiger partial charge in [0.05, 0.1) is 0 Å². The van der Waals surface area contributed by atoms with Gasteiger partial charge in [-0.2, -0.15) is 0 Å². The highest BCUT2D eigenvalue weighted by Gasteiger charge is 2.05. The molecule has 0 aliphatic carbocycles. The van der Waals surface area contributed by atoms with Crippen molar-refractivity contribution in [2.24, 2.45) is 0 Å². The predicted octanol–water partition coefficient (Wildman–Crippen LogP) is 4.92. The van der Waals surface area contributed by atoms with E-state index in [4.69, 9.17) is 0 Å². The van der Waals surface area contributed by atoms with Crippen molar-refractivity contribution in [1.29, 1.82) is 0 Å². The van der Waals surface area contributed by atoms with E-state index in [0.717, 1.165) is 0 Å². The number of benzene rings is 2. The molecule has 0 amide bonds. The molecular formula is C17H18. The molecule has 0 N–H and O–H groups in total. The average molecular weight is 222 g/mol. The summed E-state index contributed by atoms with van der Waals surface area (Å²) in [6.45, 7) is 10.3. The van der Waals surface area contributed by atoms with E-state index in [1.807, 2.05) is 6.08 Å². The fourth-order valence-corrected chi connectivity index (χ4v) is 2.23. The maximum absolute atomic E-state index is 3.80. The van der Waals surface area contributed by atoms with Crippen LogP contribution in [0.1, 0.15) is 22.3 Å². The molecule has 0 atom stereocenters. The van der Waals surface area contributed by atoms with Gasteiger partial charge in [-0.15, -0.1) is 0 Å². The quantitative estimate of drug-likeness (QED) is 0.676.